The van der Waals surface area contributed by atoms with Crippen LogP contribution in [0.3, 0.4) is 0 Å². The highest BCUT2D eigenvalue weighted by atomic mass is 14.5. The van der Waals surface area contributed by atoms with Crippen LogP contribution in [-0.2, 0) is 5.41 Å². The predicted molar refractivity (Wildman–Crippen MR) is 301 cm³/mol. The van der Waals surface area contributed by atoms with Crippen molar-refractivity contribution in [1.82, 2.24) is 0 Å². The quantitative estimate of drug-likeness (QED) is 0.140. The highest BCUT2D eigenvalue weighted by Gasteiger charge is 2.47. The third-order valence-electron chi connectivity index (χ3n) is 15.3. The molecule has 0 N–H and O–H groups in total. The van der Waals surface area contributed by atoms with Crippen LogP contribution in [0.15, 0.2) is 279 Å². The maximum atomic E-state index is 2.54. The topological polar surface area (TPSA) is 0 Å². The smallest absolute Gasteiger partial charge is 0.0622 e. The molecule has 0 aliphatic heterocycles. The van der Waals surface area contributed by atoms with Crippen LogP contribution in [0.4, 0.5) is 0 Å². The molecular weight excluding hydrogens is 853 g/mol. The summed E-state index contributed by atoms with van der Waals surface area (Å²) in [5, 5.41) is 9.94. The lowest BCUT2D eigenvalue weighted by Gasteiger charge is -2.35. The van der Waals surface area contributed by atoms with Crippen LogP contribution in [0.1, 0.15) is 22.3 Å². The molecule has 1 atom stereocenters. The average molecular weight is 899 g/mol. The van der Waals surface area contributed by atoms with E-state index >= 15 is 0 Å². The Morgan fingerprint density at radius 2 is 0.634 bits per heavy atom. The first-order valence-electron chi connectivity index (χ1n) is 24.7. The van der Waals surface area contributed by atoms with Crippen molar-refractivity contribution in [2.24, 2.45) is 0 Å². The summed E-state index contributed by atoms with van der Waals surface area (Å²) in [5.41, 5.74) is 19.4. The lowest BCUT2D eigenvalue weighted by atomic mass is 9.66. The number of benzene rings is 13. The molecule has 14 rings (SSSR count). The second-order valence-corrected chi connectivity index (χ2v) is 19.0. The molecule has 0 bridgehead atoms. The van der Waals surface area contributed by atoms with E-state index in [0.29, 0.717) is 0 Å². The molecule has 1 aliphatic carbocycles. The molecule has 13 aromatic carbocycles. The average Bonchev–Trinajstić information content (AvgIpc) is 3.75. The molecule has 0 aromatic heterocycles. The predicted octanol–water partition coefficient (Wildman–Crippen LogP) is 19.0. The van der Waals surface area contributed by atoms with Gasteiger partial charge in [-0.15, -0.1) is 0 Å². The zero-order chi connectivity index (χ0) is 46.9. The maximum Gasteiger partial charge on any atom is 0.0719 e. The van der Waals surface area contributed by atoms with Crippen molar-refractivity contribution in [3.63, 3.8) is 0 Å². The Hall–Kier alpha value is -9.10. The first kappa shape index (κ1) is 40.9. The Bertz CT molecular complexity index is 4080. The van der Waals surface area contributed by atoms with Crippen LogP contribution in [0, 0.1) is 0 Å². The number of hydrogen-bond donors (Lipinski definition) is 0. The summed E-state index contributed by atoms with van der Waals surface area (Å²) in [6.45, 7) is 0. The highest BCUT2D eigenvalue weighted by molar-refractivity contribution is 6.24. The van der Waals surface area contributed by atoms with Crippen LogP contribution in [-0.4, -0.2) is 0 Å². The molecule has 0 heteroatoms. The molecule has 0 amide bonds. The van der Waals surface area contributed by atoms with Gasteiger partial charge in [0.2, 0.25) is 0 Å². The monoisotopic (exact) mass is 898 g/mol. The third-order valence-corrected chi connectivity index (χ3v) is 15.3. The SMILES string of the molecule is c1ccc(-c2cc(-c3ccccc3)cc(-c3ccc(-c4c5ccccc5c(-c5ccc6c(c5)C(c5ccccc5)(c5cccc7ccccc57)c5ccccc5-6)c5ccccc45)c4ccccc34)c2)cc1. The fraction of sp³-hybridized carbons (Fsp3) is 0.0141. The van der Waals surface area contributed by atoms with Crippen LogP contribution >= 0.6 is 0 Å². The van der Waals surface area contributed by atoms with Crippen LogP contribution in [0.2, 0.25) is 0 Å². The van der Waals surface area contributed by atoms with Crippen molar-refractivity contribution >= 4 is 43.1 Å². The van der Waals surface area contributed by atoms with Gasteiger partial charge in [0.25, 0.3) is 0 Å². The van der Waals surface area contributed by atoms with Gasteiger partial charge < -0.3 is 0 Å². The van der Waals surface area contributed by atoms with Gasteiger partial charge in [-0.25, -0.2) is 0 Å². The molecule has 0 saturated carbocycles. The van der Waals surface area contributed by atoms with Crippen molar-refractivity contribution in [2.45, 2.75) is 5.41 Å². The van der Waals surface area contributed by atoms with Gasteiger partial charge in [-0.2, -0.15) is 0 Å². The molecule has 0 heterocycles. The van der Waals surface area contributed by atoms with E-state index in [2.05, 4.69) is 279 Å². The minimum atomic E-state index is -0.557. The summed E-state index contributed by atoms with van der Waals surface area (Å²) in [6, 6.07) is 104. The molecular formula is C71H46. The van der Waals surface area contributed by atoms with Gasteiger partial charge in [0.05, 0.1) is 5.41 Å². The molecule has 0 fully saturated rings. The zero-order valence-corrected chi connectivity index (χ0v) is 39.1. The van der Waals surface area contributed by atoms with Gasteiger partial charge in [-0.05, 0) is 156 Å². The Balaban J connectivity index is 1.01. The van der Waals surface area contributed by atoms with E-state index in [1.165, 1.54) is 132 Å². The van der Waals surface area contributed by atoms with Crippen molar-refractivity contribution in [3.8, 4) is 66.8 Å². The van der Waals surface area contributed by atoms with Gasteiger partial charge in [-0.1, -0.05) is 255 Å². The van der Waals surface area contributed by atoms with E-state index in [-0.39, 0.29) is 0 Å². The Labute approximate surface area is 414 Å². The van der Waals surface area contributed by atoms with E-state index in [1.807, 2.05) is 0 Å². The largest absolute Gasteiger partial charge is 0.0719 e. The van der Waals surface area contributed by atoms with E-state index in [0.717, 1.165) is 0 Å². The van der Waals surface area contributed by atoms with Gasteiger partial charge in [0, 0.05) is 0 Å². The summed E-state index contributed by atoms with van der Waals surface area (Å²) in [6.07, 6.45) is 0. The molecule has 1 aliphatic rings. The summed E-state index contributed by atoms with van der Waals surface area (Å²) >= 11 is 0. The van der Waals surface area contributed by atoms with Crippen LogP contribution < -0.4 is 0 Å². The Morgan fingerprint density at radius 1 is 0.197 bits per heavy atom. The van der Waals surface area contributed by atoms with E-state index in [9.17, 15) is 0 Å². The van der Waals surface area contributed by atoms with Crippen LogP contribution in [0.25, 0.3) is 110 Å². The minimum Gasteiger partial charge on any atom is -0.0622 e. The summed E-state index contributed by atoms with van der Waals surface area (Å²) in [4.78, 5) is 0. The molecule has 330 valence electrons. The third kappa shape index (κ3) is 6.39. The number of rotatable bonds is 7. The Morgan fingerprint density at radius 3 is 1.28 bits per heavy atom. The fourth-order valence-electron chi connectivity index (χ4n) is 12.3. The number of fused-ring (bicyclic) bond motifs is 7. The second kappa shape index (κ2) is 16.6. The maximum absolute atomic E-state index is 2.54. The van der Waals surface area contributed by atoms with Crippen molar-refractivity contribution in [3.05, 3.63) is 301 Å². The summed E-state index contributed by atoms with van der Waals surface area (Å²) in [7, 11) is 0. The van der Waals surface area contributed by atoms with Crippen molar-refractivity contribution in [1.29, 1.82) is 0 Å². The van der Waals surface area contributed by atoms with Gasteiger partial charge in [0.15, 0.2) is 0 Å². The van der Waals surface area contributed by atoms with Gasteiger partial charge in [0.1, 0.15) is 0 Å². The molecule has 0 spiro atoms. The molecule has 71 heavy (non-hydrogen) atoms. The summed E-state index contributed by atoms with van der Waals surface area (Å²) in [5.74, 6) is 0. The molecule has 0 nitrogen and oxygen atoms in total. The number of hydrogen-bond acceptors (Lipinski definition) is 0. The van der Waals surface area contributed by atoms with Crippen molar-refractivity contribution in [2.75, 3.05) is 0 Å². The van der Waals surface area contributed by atoms with Gasteiger partial charge >= 0.3 is 0 Å². The van der Waals surface area contributed by atoms with Crippen LogP contribution in [0.5, 0.6) is 0 Å². The van der Waals surface area contributed by atoms with E-state index in [1.54, 1.807) is 0 Å². The highest BCUT2D eigenvalue weighted by Crippen LogP contribution is 2.58. The lowest BCUT2D eigenvalue weighted by Crippen LogP contribution is -2.29. The summed E-state index contributed by atoms with van der Waals surface area (Å²) < 4.78 is 0. The Kier molecular flexibility index (Phi) is 9.54. The first-order valence-corrected chi connectivity index (χ1v) is 24.7. The van der Waals surface area contributed by atoms with E-state index in [4.69, 9.17) is 0 Å². The fourth-order valence-corrected chi connectivity index (χ4v) is 12.3. The molecule has 13 aromatic rings. The minimum absolute atomic E-state index is 0.557. The molecule has 1 unspecified atom stereocenters. The van der Waals surface area contributed by atoms with Gasteiger partial charge in [-0.3, -0.25) is 0 Å². The standard InChI is InChI=1S/C71H46/c1-4-21-47(22-5-1)51-43-52(48-23-6-2-7-24-48)45-53(44-51)55-41-42-65(58-31-13-12-30-57(55)58)70-63-35-16-14-33-61(63)69(62-34-15-17-36-64(62)70)50-39-40-60-59-32-18-19-37-67(59)71(68(60)46-50,54-27-8-3-9-28-54)66-38-20-26-49-25-10-11-29-56(49)66/h1-46H. The molecule has 0 saturated heterocycles. The first-order chi connectivity index (χ1) is 35.2. The lowest BCUT2D eigenvalue weighted by molar-refractivity contribution is 0.777. The second-order valence-electron chi connectivity index (χ2n) is 19.0. The van der Waals surface area contributed by atoms with E-state index < -0.39 is 5.41 Å². The molecule has 0 radical (unpaired) electrons. The zero-order valence-electron chi connectivity index (χ0n) is 39.1. The van der Waals surface area contributed by atoms with Crippen molar-refractivity contribution < 1.29 is 0 Å². The normalized spacial score (nSPS) is 14.0.